The van der Waals surface area contributed by atoms with Crippen LogP contribution in [0.15, 0.2) is 47.1 Å². The van der Waals surface area contributed by atoms with Crippen molar-refractivity contribution in [3.63, 3.8) is 0 Å². The van der Waals surface area contributed by atoms with E-state index in [0.717, 1.165) is 0 Å². The molecule has 2 N–H and O–H groups in total. The number of nitrogens with zero attached hydrogens (tertiary/aromatic N) is 2. The number of anilines is 1. The first-order valence-electron chi connectivity index (χ1n) is 6.72. The van der Waals surface area contributed by atoms with Crippen molar-refractivity contribution in [2.45, 2.75) is 6.92 Å². The lowest BCUT2D eigenvalue weighted by atomic mass is 10.1. The molecule has 0 spiro atoms. The first kappa shape index (κ1) is 15.1. The summed E-state index contributed by atoms with van der Waals surface area (Å²) in [5.74, 6) is 0.0461. The minimum absolute atomic E-state index is 0.102. The van der Waals surface area contributed by atoms with E-state index in [9.17, 15) is 9.90 Å². The van der Waals surface area contributed by atoms with Crippen molar-refractivity contribution in [2.75, 3.05) is 5.32 Å². The van der Waals surface area contributed by atoms with E-state index < -0.39 is 5.91 Å². The summed E-state index contributed by atoms with van der Waals surface area (Å²) in [5, 5.41) is 16.3. The molecule has 0 saturated carbocycles. The molecule has 2 aromatic heterocycles. The maximum Gasteiger partial charge on any atom is 0.277 e. The Balaban J connectivity index is 1.82. The Morgan fingerprint density at radius 3 is 2.91 bits per heavy atom. The van der Waals surface area contributed by atoms with E-state index in [0.29, 0.717) is 27.7 Å². The number of benzene rings is 1. The number of hydrogen-bond acceptors (Lipinski definition) is 5. The molecule has 0 aliphatic rings. The number of nitrogens with one attached hydrogen (secondary N) is 1. The largest absolute Gasteiger partial charge is 0.508 e. The highest BCUT2D eigenvalue weighted by Crippen LogP contribution is 2.24. The van der Waals surface area contributed by atoms with Crippen LogP contribution in [-0.4, -0.2) is 21.2 Å². The van der Waals surface area contributed by atoms with Gasteiger partial charge in [-0.25, -0.2) is 0 Å². The van der Waals surface area contributed by atoms with Gasteiger partial charge < -0.3 is 14.9 Å². The SMILES string of the molecule is Cc1ncc(Cl)cc1NC(=O)c1cc(-c2cccc(O)c2)on1. The average molecular weight is 330 g/mol. The second kappa shape index (κ2) is 6.10. The molecule has 0 unspecified atom stereocenters. The van der Waals surface area contributed by atoms with Crippen molar-refractivity contribution in [1.29, 1.82) is 0 Å². The van der Waals surface area contributed by atoms with Crippen molar-refractivity contribution in [1.82, 2.24) is 10.1 Å². The molecule has 0 radical (unpaired) electrons. The fraction of sp³-hybridized carbons (Fsp3) is 0.0625. The van der Waals surface area contributed by atoms with Gasteiger partial charge in [-0.2, -0.15) is 0 Å². The number of aromatic hydroxyl groups is 1. The molecule has 0 atom stereocenters. The Morgan fingerprint density at radius 1 is 1.30 bits per heavy atom. The van der Waals surface area contributed by atoms with Gasteiger partial charge in [-0.1, -0.05) is 28.9 Å². The second-order valence-corrected chi connectivity index (χ2v) is 5.30. The van der Waals surface area contributed by atoms with Gasteiger partial charge in [-0.15, -0.1) is 0 Å². The molecule has 0 aliphatic heterocycles. The van der Waals surface area contributed by atoms with E-state index in [1.54, 1.807) is 31.2 Å². The average Bonchev–Trinajstić information content (AvgIpc) is 3.01. The van der Waals surface area contributed by atoms with Crippen molar-refractivity contribution in [3.05, 3.63) is 59.0 Å². The number of aryl methyl sites for hydroxylation is 1. The second-order valence-electron chi connectivity index (χ2n) is 4.87. The number of phenolic OH excluding ortho intramolecular Hbond substituents is 1. The van der Waals surface area contributed by atoms with Crippen molar-refractivity contribution in [2.24, 2.45) is 0 Å². The molecule has 6 nitrogen and oxygen atoms in total. The normalized spacial score (nSPS) is 10.5. The standard InChI is InChI=1S/C16H12ClN3O3/c1-9-13(6-11(17)8-18-9)19-16(22)14-7-15(23-20-14)10-3-2-4-12(21)5-10/h2-8,21H,1H3,(H,19,22). The maximum atomic E-state index is 12.2. The van der Waals surface area contributed by atoms with Crippen LogP contribution in [0.4, 0.5) is 5.69 Å². The van der Waals surface area contributed by atoms with Crippen molar-refractivity contribution < 1.29 is 14.4 Å². The van der Waals surface area contributed by atoms with Gasteiger partial charge in [0, 0.05) is 17.8 Å². The number of halogens is 1. The minimum atomic E-state index is -0.438. The lowest BCUT2D eigenvalue weighted by molar-refractivity contribution is 0.101. The Labute approximate surface area is 136 Å². The molecule has 7 heteroatoms. The van der Waals surface area contributed by atoms with Gasteiger partial charge in [-0.3, -0.25) is 9.78 Å². The number of rotatable bonds is 3. The van der Waals surface area contributed by atoms with Gasteiger partial charge in [0.1, 0.15) is 5.75 Å². The zero-order valence-corrected chi connectivity index (χ0v) is 12.8. The quantitative estimate of drug-likeness (QED) is 0.765. The van der Waals surface area contributed by atoms with E-state index in [2.05, 4.69) is 15.5 Å². The number of aromatic nitrogens is 2. The van der Waals surface area contributed by atoms with Crippen LogP contribution >= 0.6 is 11.6 Å². The zero-order valence-electron chi connectivity index (χ0n) is 12.1. The molecule has 0 aliphatic carbocycles. The predicted molar refractivity (Wildman–Crippen MR) is 85.5 cm³/mol. The fourth-order valence-electron chi connectivity index (χ4n) is 2.00. The van der Waals surface area contributed by atoms with E-state index in [1.807, 2.05) is 0 Å². The van der Waals surface area contributed by atoms with Gasteiger partial charge in [0.05, 0.1) is 16.4 Å². The van der Waals surface area contributed by atoms with Gasteiger partial charge in [0.15, 0.2) is 11.5 Å². The van der Waals surface area contributed by atoms with Crippen molar-refractivity contribution >= 4 is 23.2 Å². The van der Waals surface area contributed by atoms with Gasteiger partial charge in [0.2, 0.25) is 0 Å². The summed E-state index contributed by atoms with van der Waals surface area (Å²) in [7, 11) is 0. The molecule has 23 heavy (non-hydrogen) atoms. The lowest BCUT2D eigenvalue weighted by Gasteiger charge is -2.05. The molecule has 0 fully saturated rings. The van der Waals surface area contributed by atoms with Crippen LogP contribution < -0.4 is 5.32 Å². The highest BCUT2D eigenvalue weighted by atomic mass is 35.5. The summed E-state index contributed by atoms with van der Waals surface area (Å²) >= 11 is 5.87. The molecule has 3 aromatic rings. The summed E-state index contributed by atoms with van der Waals surface area (Å²) in [5.41, 5.74) is 1.88. The summed E-state index contributed by atoms with van der Waals surface area (Å²) in [6.07, 6.45) is 1.50. The van der Waals surface area contributed by atoms with Gasteiger partial charge >= 0.3 is 0 Å². The zero-order chi connectivity index (χ0) is 16.4. The minimum Gasteiger partial charge on any atom is -0.508 e. The molecule has 0 saturated heterocycles. The Bertz CT molecular complexity index is 877. The predicted octanol–water partition coefficient (Wildman–Crippen LogP) is 3.66. The summed E-state index contributed by atoms with van der Waals surface area (Å²) in [6, 6.07) is 9.59. The van der Waals surface area contributed by atoms with Gasteiger partial charge in [0.25, 0.3) is 5.91 Å². The van der Waals surface area contributed by atoms with Crippen LogP contribution in [0.25, 0.3) is 11.3 Å². The Morgan fingerprint density at radius 2 is 2.13 bits per heavy atom. The smallest absolute Gasteiger partial charge is 0.277 e. The van der Waals surface area contributed by atoms with Crippen LogP contribution in [0, 0.1) is 6.92 Å². The van der Waals surface area contributed by atoms with E-state index in [1.165, 1.54) is 18.3 Å². The lowest BCUT2D eigenvalue weighted by Crippen LogP contribution is -2.13. The summed E-state index contributed by atoms with van der Waals surface area (Å²) in [6.45, 7) is 1.76. The maximum absolute atomic E-state index is 12.2. The first-order valence-corrected chi connectivity index (χ1v) is 7.10. The third-order valence-corrected chi connectivity index (χ3v) is 3.38. The number of carbonyl (C=O) groups is 1. The van der Waals surface area contributed by atoms with E-state index >= 15 is 0 Å². The highest BCUT2D eigenvalue weighted by Gasteiger charge is 2.15. The van der Waals surface area contributed by atoms with Gasteiger partial charge in [-0.05, 0) is 25.1 Å². The molecule has 1 amide bonds. The topological polar surface area (TPSA) is 88.2 Å². The van der Waals surface area contributed by atoms with E-state index in [-0.39, 0.29) is 11.4 Å². The van der Waals surface area contributed by atoms with Crippen LogP contribution in [-0.2, 0) is 0 Å². The summed E-state index contributed by atoms with van der Waals surface area (Å²) < 4.78 is 5.15. The molecule has 116 valence electrons. The third-order valence-electron chi connectivity index (χ3n) is 3.18. The fourth-order valence-corrected chi connectivity index (χ4v) is 2.16. The Kier molecular flexibility index (Phi) is 3.99. The third kappa shape index (κ3) is 3.32. The molecule has 1 aromatic carbocycles. The van der Waals surface area contributed by atoms with Crippen LogP contribution in [0.5, 0.6) is 5.75 Å². The summed E-state index contributed by atoms with van der Waals surface area (Å²) in [4.78, 5) is 16.3. The number of amides is 1. The molecular weight excluding hydrogens is 318 g/mol. The highest BCUT2D eigenvalue weighted by molar-refractivity contribution is 6.30. The number of carbonyl (C=O) groups excluding carboxylic acids is 1. The number of phenols is 1. The first-order chi connectivity index (χ1) is 11.0. The van der Waals surface area contributed by atoms with E-state index in [4.69, 9.17) is 16.1 Å². The molecule has 2 heterocycles. The van der Waals surface area contributed by atoms with Crippen LogP contribution in [0.3, 0.4) is 0 Å². The van der Waals surface area contributed by atoms with Crippen molar-refractivity contribution in [3.8, 4) is 17.1 Å². The molecular formula is C16H12ClN3O3. The van der Waals surface area contributed by atoms with Crippen LogP contribution in [0.2, 0.25) is 5.02 Å². The molecule has 0 bridgehead atoms. The van der Waals surface area contributed by atoms with Crippen LogP contribution in [0.1, 0.15) is 16.2 Å². The number of pyridine rings is 1. The number of hydrogen-bond donors (Lipinski definition) is 2. The molecule has 3 rings (SSSR count). The monoisotopic (exact) mass is 329 g/mol. The Hall–Kier alpha value is -2.86.